The summed E-state index contributed by atoms with van der Waals surface area (Å²) in [5.74, 6) is -0.693. The Balaban J connectivity index is 3.01. The molecule has 72 valence electrons. The minimum Gasteiger partial charge on any atom is -0.478 e. The van der Waals surface area contributed by atoms with Crippen LogP contribution in [0.1, 0.15) is 26.2 Å². The zero-order valence-electron chi connectivity index (χ0n) is 7.34. The van der Waals surface area contributed by atoms with E-state index in [0.29, 0.717) is 18.8 Å². The Morgan fingerprint density at radius 2 is 2.08 bits per heavy atom. The second-order valence-electron chi connectivity index (χ2n) is 3.38. The molecule has 0 saturated heterocycles. The van der Waals surface area contributed by atoms with E-state index in [2.05, 4.69) is 0 Å². The molecule has 1 rings (SSSR count). The minimum atomic E-state index is -1.02. The average molecular weight is 203 g/mol. The monoisotopic (exact) mass is 202 g/mol. The normalized spacial score (nSPS) is 23.1. The molecule has 13 heavy (non-hydrogen) atoms. The molecule has 0 aromatic carbocycles. The fourth-order valence-corrected chi connectivity index (χ4v) is 1.76. The van der Waals surface area contributed by atoms with Gasteiger partial charge in [0.25, 0.3) is 0 Å². The first-order chi connectivity index (χ1) is 6.02. The molecule has 3 nitrogen and oxygen atoms in total. The van der Waals surface area contributed by atoms with E-state index in [1.54, 1.807) is 0 Å². The highest BCUT2D eigenvalue weighted by atomic mass is 35.5. The van der Waals surface area contributed by atoms with Crippen LogP contribution in [0.2, 0.25) is 0 Å². The summed E-state index contributed by atoms with van der Waals surface area (Å²) >= 11 is 5.28. The van der Waals surface area contributed by atoms with Crippen LogP contribution in [0.4, 0.5) is 0 Å². The van der Waals surface area contributed by atoms with Gasteiger partial charge < -0.3 is 5.11 Å². The third kappa shape index (κ3) is 2.31. The first-order valence-electron chi connectivity index (χ1n) is 4.17. The van der Waals surface area contributed by atoms with Gasteiger partial charge in [0.05, 0.1) is 0 Å². The second kappa shape index (κ2) is 3.92. The van der Waals surface area contributed by atoms with E-state index in [1.165, 1.54) is 0 Å². The van der Waals surface area contributed by atoms with E-state index in [9.17, 15) is 9.59 Å². The fraction of sp³-hybridized carbons (Fsp3) is 0.556. The number of rotatable bonds is 2. The predicted molar refractivity (Wildman–Crippen MR) is 48.5 cm³/mol. The molecule has 0 amide bonds. The second-order valence-corrected chi connectivity index (χ2v) is 3.73. The standard InChI is InChI=1S/C9H11ClO3/c1-5-2-3-6(8(10)11)7(4-5)9(12)13/h5H,2-4H2,1H3,(H,12,13). The summed E-state index contributed by atoms with van der Waals surface area (Å²) < 4.78 is 0. The molecule has 1 unspecified atom stereocenters. The van der Waals surface area contributed by atoms with E-state index in [0.717, 1.165) is 6.42 Å². The van der Waals surface area contributed by atoms with Crippen molar-refractivity contribution in [2.75, 3.05) is 0 Å². The van der Waals surface area contributed by atoms with Gasteiger partial charge in [-0.1, -0.05) is 6.92 Å². The molecule has 1 aliphatic carbocycles. The highest BCUT2D eigenvalue weighted by Crippen LogP contribution is 2.30. The Kier molecular flexibility index (Phi) is 3.09. The van der Waals surface area contributed by atoms with Gasteiger partial charge in [0.15, 0.2) is 0 Å². The van der Waals surface area contributed by atoms with Crippen LogP contribution >= 0.6 is 11.6 Å². The molecule has 1 aliphatic rings. The van der Waals surface area contributed by atoms with Gasteiger partial charge in [0.1, 0.15) is 0 Å². The number of carbonyl (C=O) groups is 2. The molecule has 1 N–H and O–H groups in total. The number of hydrogen-bond acceptors (Lipinski definition) is 2. The quantitative estimate of drug-likeness (QED) is 0.697. The summed E-state index contributed by atoms with van der Waals surface area (Å²) in [7, 11) is 0. The predicted octanol–water partition coefficient (Wildman–Crippen LogP) is 1.95. The van der Waals surface area contributed by atoms with Crippen molar-refractivity contribution in [3.05, 3.63) is 11.1 Å². The Hall–Kier alpha value is -0.830. The molecule has 0 aromatic rings. The van der Waals surface area contributed by atoms with E-state index in [1.807, 2.05) is 6.92 Å². The molecule has 0 bridgehead atoms. The van der Waals surface area contributed by atoms with Gasteiger partial charge in [-0.15, -0.1) is 0 Å². The van der Waals surface area contributed by atoms with Crippen LogP contribution in [0.15, 0.2) is 11.1 Å². The van der Waals surface area contributed by atoms with E-state index < -0.39 is 11.2 Å². The number of halogens is 1. The maximum atomic E-state index is 10.9. The molecule has 0 fully saturated rings. The Morgan fingerprint density at radius 3 is 2.54 bits per heavy atom. The first-order valence-corrected chi connectivity index (χ1v) is 4.55. The van der Waals surface area contributed by atoms with Crippen LogP contribution in [0.5, 0.6) is 0 Å². The largest absolute Gasteiger partial charge is 0.478 e. The van der Waals surface area contributed by atoms with Crippen molar-refractivity contribution < 1.29 is 14.7 Å². The van der Waals surface area contributed by atoms with Crippen molar-refractivity contribution in [1.82, 2.24) is 0 Å². The number of hydrogen-bond donors (Lipinski definition) is 1. The smallest absolute Gasteiger partial charge is 0.332 e. The third-order valence-electron chi connectivity index (χ3n) is 2.30. The molecular formula is C9H11ClO3. The van der Waals surface area contributed by atoms with Gasteiger partial charge in [-0.2, -0.15) is 0 Å². The van der Waals surface area contributed by atoms with Crippen molar-refractivity contribution in [3.8, 4) is 0 Å². The molecule has 0 radical (unpaired) electrons. The molecule has 0 spiro atoms. The molecule has 4 heteroatoms. The average Bonchev–Trinajstić information content (AvgIpc) is 2.03. The van der Waals surface area contributed by atoms with Crippen LogP contribution < -0.4 is 0 Å². The highest BCUT2D eigenvalue weighted by Gasteiger charge is 2.25. The van der Waals surface area contributed by atoms with Gasteiger partial charge in [0, 0.05) is 11.1 Å². The lowest BCUT2D eigenvalue weighted by atomic mass is 9.85. The van der Waals surface area contributed by atoms with E-state index >= 15 is 0 Å². The van der Waals surface area contributed by atoms with E-state index in [4.69, 9.17) is 16.7 Å². The number of carbonyl (C=O) groups excluding carboxylic acids is 1. The lowest BCUT2D eigenvalue weighted by Crippen LogP contribution is -2.17. The fourth-order valence-electron chi connectivity index (χ4n) is 1.55. The van der Waals surface area contributed by atoms with Crippen molar-refractivity contribution >= 4 is 22.8 Å². The topological polar surface area (TPSA) is 54.4 Å². The lowest BCUT2D eigenvalue weighted by Gasteiger charge is -2.20. The van der Waals surface area contributed by atoms with Crippen molar-refractivity contribution in [1.29, 1.82) is 0 Å². The van der Waals surface area contributed by atoms with Gasteiger partial charge in [-0.3, -0.25) is 4.79 Å². The molecule has 1 atom stereocenters. The van der Waals surface area contributed by atoms with Gasteiger partial charge >= 0.3 is 5.97 Å². The Labute approximate surface area is 81.4 Å². The number of carboxylic acids is 1. The van der Waals surface area contributed by atoms with Crippen LogP contribution in [-0.2, 0) is 9.59 Å². The number of aliphatic carboxylic acids is 1. The lowest BCUT2D eigenvalue weighted by molar-refractivity contribution is -0.133. The van der Waals surface area contributed by atoms with Crippen molar-refractivity contribution in [2.45, 2.75) is 26.2 Å². The summed E-state index contributed by atoms with van der Waals surface area (Å²) in [6, 6.07) is 0. The maximum Gasteiger partial charge on any atom is 0.332 e. The molecule has 0 heterocycles. The highest BCUT2D eigenvalue weighted by molar-refractivity contribution is 6.68. The van der Waals surface area contributed by atoms with Gasteiger partial charge in [-0.05, 0) is 36.8 Å². The van der Waals surface area contributed by atoms with Gasteiger partial charge in [-0.25, -0.2) is 4.79 Å². The minimum absolute atomic E-state index is 0.193. The molecular weight excluding hydrogens is 192 g/mol. The number of carboxylic acid groups (broad SMARTS) is 1. The molecule has 0 aromatic heterocycles. The zero-order chi connectivity index (χ0) is 10.0. The first kappa shape index (κ1) is 10.3. The molecule has 0 aliphatic heterocycles. The van der Waals surface area contributed by atoms with Crippen LogP contribution in [0.3, 0.4) is 0 Å². The Bertz CT molecular complexity index is 281. The SMILES string of the molecule is CC1CCC(C(=O)Cl)=C(C(=O)O)C1. The number of allylic oxidation sites excluding steroid dienone is 1. The Morgan fingerprint density at radius 1 is 1.46 bits per heavy atom. The maximum absolute atomic E-state index is 10.9. The summed E-state index contributed by atoms with van der Waals surface area (Å²) in [6.45, 7) is 1.97. The van der Waals surface area contributed by atoms with Crippen LogP contribution in [-0.4, -0.2) is 16.3 Å². The van der Waals surface area contributed by atoms with Crippen LogP contribution in [0, 0.1) is 5.92 Å². The molecule has 0 saturated carbocycles. The zero-order valence-corrected chi connectivity index (χ0v) is 8.10. The van der Waals surface area contributed by atoms with Crippen LogP contribution in [0.25, 0.3) is 0 Å². The van der Waals surface area contributed by atoms with Crippen molar-refractivity contribution in [2.24, 2.45) is 5.92 Å². The summed E-state index contributed by atoms with van der Waals surface area (Å²) in [5.41, 5.74) is 0.478. The summed E-state index contributed by atoms with van der Waals surface area (Å²) in [6.07, 6.45) is 1.78. The van der Waals surface area contributed by atoms with Gasteiger partial charge in [0.2, 0.25) is 5.24 Å². The van der Waals surface area contributed by atoms with E-state index in [-0.39, 0.29) is 11.1 Å². The summed E-state index contributed by atoms with van der Waals surface area (Å²) in [5, 5.41) is 8.19. The third-order valence-corrected chi connectivity index (χ3v) is 2.53. The summed E-state index contributed by atoms with van der Waals surface area (Å²) in [4.78, 5) is 21.6. The van der Waals surface area contributed by atoms with Crippen molar-refractivity contribution in [3.63, 3.8) is 0 Å².